The average Bonchev–Trinajstić information content (AvgIpc) is 2.59. The molecule has 0 saturated heterocycles. The zero-order valence-electron chi connectivity index (χ0n) is 13.5. The van der Waals surface area contributed by atoms with Crippen LogP contribution in [0.4, 0.5) is 23.7 Å². The molecular weight excluding hydrogens is 351 g/mol. The predicted octanol–water partition coefficient (Wildman–Crippen LogP) is 3.02. The van der Waals surface area contributed by atoms with Crippen LogP contribution in [0.15, 0.2) is 54.6 Å². The van der Waals surface area contributed by atoms with Gasteiger partial charge in [0.05, 0.1) is 6.54 Å². The molecule has 2 rings (SSSR count). The number of carbonyl (C=O) groups is 2. The van der Waals surface area contributed by atoms with E-state index in [1.54, 1.807) is 0 Å². The summed E-state index contributed by atoms with van der Waals surface area (Å²) >= 11 is 0. The van der Waals surface area contributed by atoms with Crippen LogP contribution < -0.4 is 20.7 Å². The summed E-state index contributed by atoms with van der Waals surface area (Å²) in [5.74, 6) is -0.959. The van der Waals surface area contributed by atoms with Gasteiger partial charge in [-0.25, -0.2) is 4.79 Å². The first-order chi connectivity index (χ1) is 12.3. The van der Waals surface area contributed by atoms with Crippen LogP contribution in [0, 0.1) is 0 Å². The second-order valence-electron chi connectivity index (χ2n) is 5.14. The molecule has 0 aliphatic carbocycles. The highest BCUT2D eigenvalue weighted by Gasteiger charge is 2.30. The standard InChI is InChI=1S/C17H16F3N3O3/c18-17(19,20)26-14-8-6-13(7-9-14)21-11-15(24)23-16(25)22-10-12-4-2-1-3-5-12/h1-9,21H,10-11H2,(H2,22,23,24,25). The van der Waals surface area contributed by atoms with Crippen molar-refractivity contribution in [3.05, 3.63) is 60.2 Å². The molecular formula is C17H16F3N3O3. The van der Waals surface area contributed by atoms with Crippen molar-refractivity contribution in [3.8, 4) is 5.75 Å². The van der Waals surface area contributed by atoms with E-state index < -0.39 is 18.3 Å². The molecule has 26 heavy (non-hydrogen) atoms. The molecule has 0 atom stereocenters. The summed E-state index contributed by atoms with van der Waals surface area (Å²) in [6.07, 6.45) is -4.76. The van der Waals surface area contributed by atoms with Gasteiger partial charge in [-0.2, -0.15) is 0 Å². The molecule has 0 aliphatic rings. The monoisotopic (exact) mass is 367 g/mol. The van der Waals surface area contributed by atoms with Gasteiger partial charge >= 0.3 is 12.4 Å². The van der Waals surface area contributed by atoms with Gasteiger partial charge in [0.15, 0.2) is 0 Å². The smallest absolute Gasteiger partial charge is 0.406 e. The van der Waals surface area contributed by atoms with Crippen molar-refractivity contribution >= 4 is 17.6 Å². The summed E-state index contributed by atoms with van der Waals surface area (Å²) in [5.41, 5.74) is 1.29. The van der Waals surface area contributed by atoms with Gasteiger partial charge in [0, 0.05) is 12.2 Å². The summed E-state index contributed by atoms with van der Waals surface area (Å²) < 4.78 is 39.9. The van der Waals surface area contributed by atoms with E-state index in [9.17, 15) is 22.8 Å². The highest BCUT2D eigenvalue weighted by atomic mass is 19.4. The van der Waals surface area contributed by atoms with Crippen molar-refractivity contribution in [3.63, 3.8) is 0 Å². The van der Waals surface area contributed by atoms with E-state index in [0.717, 1.165) is 17.7 Å². The van der Waals surface area contributed by atoms with E-state index in [1.807, 2.05) is 30.3 Å². The predicted molar refractivity (Wildman–Crippen MR) is 88.4 cm³/mol. The van der Waals surface area contributed by atoms with Crippen molar-refractivity contribution in [1.29, 1.82) is 0 Å². The highest BCUT2D eigenvalue weighted by molar-refractivity contribution is 5.96. The first-order valence-electron chi connectivity index (χ1n) is 7.53. The van der Waals surface area contributed by atoms with E-state index >= 15 is 0 Å². The van der Waals surface area contributed by atoms with Gasteiger partial charge in [0.2, 0.25) is 5.91 Å². The van der Waals surface area contributed by atoms with Crippen LogP contribution in [0.25, 0.3) is 0 Å². The van der Waals surface area contributed by atoms with Gasteiger partial charge in [-0.1, -0.05) is 30.3 Å². The van der Waals surface area contributed by atoms with Crippen LogP contribution in [0.1, 0.15) is 5.56 Å². The Bertz CT molecular complexity index is 734. The van der Waals surface area contributed by atoms with Crippen LogP contribution >= 0.6 is 0 Å². The maximum absolute atomic E-state index is 12.1. The van der Waals surface area contributed by atoms with Crippen molar-refractivity contribution in [2.24, 2.45) is 0 Å². The van der Waals surface area contributed by atoms with Crippen LogP contribution in [0.2, 0.25) is 0 Å². The minimum atomic E-state index is -4.76. The number of hydrogen-bond donors (Lipinski definition) is 3. The summed E-state index contributed by atoms with van der Waals surface area (Å²) in [6, 6.07) is 13.4. The number of hydrogen-bond acceptors (Lipinski definition) is 4. The number of carbonyl (C=O) groups excluding carboxylic acids is 2. The van der Waals surface area contributed by atoms with Gasteiger partial charge in [-0.15, -0.1) is 13.2 Å². The Hall–Kier alpha value is -3.23. The number of rotatable bonds is 6. The zero-order valence-corrected chi connectivity index (χ0v) is 13.5. The number of imide groups is 1. The fraction of sp³-hybridized carbons (Fsp3) is 0.176. The van der Waals surface area contributed by atoms with Crippen LogP contribution in [-0.2, 0) is 11.3 Å². The Labute approximate surface area is 147 Å². The molecule has 0 aromatic heterocycles. The molecule has 2 aromatic carbocycles. The number of amides is 3. The number of ether oxygens (including phenoxy) is 1. The van der Waals surface area contributed by atoms with Gasteiger partial charge in [0.1, 0.15) is 5.75 Å². The Kier molecular flexibility index (Phi) is 6.42. The van der Waals surface area contributed by atoms with Crippen LogP contribution in [0.5, 0.6) is 5.75 Å². The third kappa shape index (κ3) is 7.12. The van der Waals surface area contributed by atoms with E-state index in [4.69, 9.17) is 0 Å². The molecule has 9 heteroatoms. The molecule has 0 aliphatic heterocycles. The quantitative estimate of drug-likeness (QED) is 0.733. The number of halogens is 3. The average molecular weight is 367 g/mol. The van der Waals surface area contributed by atoms with Crippen LogP contribution in [-0.4, -0.2) is 24.8 Å². The zero-order chi connectivity index (χ0) is 19.0. The fourth-order valence-electron chi connectivity index (χ4n) is 1.95. The first kappa shape index (κ1) is 19.1. The molecule has 2 aromatic rings. The highest BCUT2D eigenvalue weighted by Crippen LogP contribution is 2.23. The van der Waals surface area contributed by atoms with Gasteiger partial charge < -0.3 is 15.4 Å². The largest absolute Gasteiger partial charge is 0.573 e. The van der Waals surface area contributed by atoms with Gasteiger partial charge in [0.25, 0.3) is 0 Å². The number of anilines is 1. The van der Waals surface area contributed by atoms with Crippen molar-refractivity contribution < 1.29 is 27.5 Å². The molecule has 3 amide bonds. The minimum absolute atomic E-state index is 0.224. The van der Waals surface area contributed by atoms with Gasteiger partial charge in [-0.3, -0.25) is 10.1 Å². The third-order valence-electron chi connectivity index (χ3n) is 3.09. The molecule has 3 N–H and O–H groups in total. The number of urea groups is 1. The molecule has 0 radical (unpaired) electrons. The third-order valence-corrected chi connectivity index (χ3v) is 3.09. The Morgan fingerprint density at radius 2 is 1.62 bits per heavy atom. The van der Waals surface area contributed by atoms with E-state index in [1.165, 1.54) is 12.1 Å². The molecule has 0 spiro atoms. The lowest BCUT2D eigenvalue weighted by molar-refractivity contribution is -0.274. The number of benzene rings is 2. The van der Waals surface area contributed by atoms with Crippen molar-refractivity contribution in [2.45, 2.75) is 12.9 Å². The molecule has 138 valence electrons. The van der Waals surface area contributed by atoms with Gasteiger partial charge in [-0.05, 0) is 29.8 Å². The minimum Gasteiger partial charge on any atom is -0.406 e. The molecule has 0 saturated carbocycles. The van der Waals surface area contributed by atoms with E-state index in [-0.39, 0.29) is 18.8 Å². The topological polar surface area (TPSA) is 79.5 Å². The normalized spacial score (nSPS) is 10.7. The van der Waals surface area contributed by atoms with Crippen molar-refractivity contribution in [1.82, 2.24) is 10.6 Å². The van der Waals surface area contributed by atoms with Crippen molar-refractivity contribution in [2.75, 3.05) is 11.9 Å². The molecule has 0 unspecified atom stereocenters. The second kappa shape index (κ2) is 8.75. The number of nitrogens with one attached hydrogen (secondary N) is 3. The summed E-state index contributed by atoms with van der Waals surface area (Å²) in [4.78, 5) is 23.3. The lowest BCUT2D eigenvalue weighted by Crippen LogP contribution is -2.41. The number of alkyl halides is 3. The van der Waals surface area contributed by atoms with Crippen LogP contribution in [0.3, 0.4) is 0 Å². The molecule has 0 heterocycles. The summed E-state index contributed by atoms with van der Waals surface area (Å²) in [5, 5.41) is 7.36. The maximum Gasteiger partial charge on any atom is 0.573 e. The molecule has 0 bridgehead atoms. The molecule has 6 nitrogen and oxygen atoms in total. The van der Waals surface area contributed by atoms with E-state index in [0.29, 0.717) is 5.69 Å². The fourth-order valence-corrected chi connectivity index (χ4v) is 1.95. The maximum atomic E-state index is 12.1. The lowest BCUT2D eigenvalue weighted by atomic mass is 10.2. The Balaban J connectivity index is 1.71. The lowest BCUT2D eigenvalue weighted by Gasteiger charge is -2.10. The summed E-state index contributed by atoms with van der Waals surface area (Å²) in [7, 11) is 0. The first-order valence-corrected chi connectivity index (χ1v) is 7.53. The molecule has 0 fully saturated rings. The second-order valence-corrected chi connectivity index (χ2v) is 5.14. The SMILES string of the molecule is O=C(CNc1ccc(OC(F)(F)F)cc1)NC(=O)NCc1ccccc1. The summed E-state index contributed by atoms with van der Waals surface area (Å²) in [6.45, 7) is 0.0479. The Morgan fingerprint density at radius 1 is 0.962 bits per heavy atom. The Morgan fingerprint density at radius 3 is 2.23 bits per heavy atom. The van der Waals surface area contributed by atoms with E-state index in [2.05, 4.69) is 20.7 Å².